The number of halogens is 3. The Morgan fingerprint density at radius 3 is 2.29 bits per heavy atom. The third-order valence-corrected chi connectivity index (χ3v) is 3.14. The Hall–Kier alpha value is -2.49. The molecule has 0 spiro atoms. The number of ether oxygens (including phenoxy) is 1. The summed E-state index contributed by atoms with van der Waals surface area (Å²) >= 11 is 0. The van der Waals surface area contributed by atoms with Gasteiger partial charge in [-0.25, -0.2) is 0 Å². The van der Waals surface area contributed by atoms with Gasteiger partial charge in [0.2, 0.25) is 0 Å². The number of hydrogen-bond acceptors (Lipinski definition) is 1. The van der Waals surface area contributed by atoms with E-state index in [-0.39, 0.29) is 5.75 Å². The third-order valence-electron chi connectivity index (χ3n) is 3.14. The Kier molecular flexibility index (Phi) is 3.29. The molecule has 0 aliphatic rings. The predicted octanol–water partition coefficient (Wildman–Crippen LogP) is 5.65. The Labute approximate surface area is 119 Å². The van der Waals surface area contributed by atoms with Crippen LogP contribution in [0.2, 0.25) is 0 Å². The topological polar surface area (TPSA) is 9.23 Å². The zero-order valence-electron chi connectivity index (χ0n) is 10.9. The van der Waals surface area contributed by atoms with Crippen LogP contribution in [0.5, 0.6) is 11.5 Å². The van der Waals surface area contributed by atoms with Crippen molar-refractivity contribution in [2.75, 3.05) is 0 Å². The van der Waals surface area contributed by atoms with E-state index in [9.17, 15) is 13.2 Å². The maximum Gasteiger partial charge on any atom is 0.416 e. The third kappa shape index (κ3) is 2.84. The van der Waals surface area contributed by atoms with Crippen molar-refractivity contribution in [3.8, 4) is 11.5 Å². The molecule has 3 aromatic carbocycles. The molecule has 0 N–H and O–H groups in total. The molecule has 0 aliphatic heterocycles. The van der Waals surface area contributed by atoms with E-state index in [1.165, 1.54) is 12.1 Å². The summed E-state index contributed by atoms with van der Waals surface area (Å²) < 4.78 is 43.7. The van der Waals surface area contributed by atoms with Gasteiger partial charge in [-0.1, -0.05) is 42.5 Å². The fourth-order valence-corrected chi connectivity index (χ4v) is 2.15. The van der Waals surface area contributed by atoms with Gasteiger partial charge in [-0.15, -0.1) is 0 Å². The van der Waals surface area contributed by atoms with Crippen LogP contribution >= 0.6 is 0 Å². The van der Waals surface area contributed by atoms with Crippen LogP contribution in [-0.4, -0.2) is 0 Å². The van der Waals surface area contributed by atoms with Crippen molar-refractivity contribution >= 4 is 10.8 Å². The lowest BCUT2D eigenvalue weighted by Gasteiger charge is -2.11. The highest BCUT2D eigenvalue weighted by Crippen LogP contribution is 2.34. The molecule has 0 saturated carbocycles. The zero-order valence-corrected chi connectivity index (χ0v) is 10.9. The van der Waals surface area contributed by atoms with Crippen LogP contribution in [0.4, 0.5) is 13.2 Å². The second kappa shape index (κ2) is 5.13. The van der Waals surface area contributed by atoms with Crippen molar-refractivity contribution in [1.82, 2.24) is 0 Å². The van der Waals surface area contributed by atoms with Crippen LogP contribution in [0, 0.1) is 0 Å². The SMILES string of the molecule is FC(F)(F)c1cccc(Oc2cccc3ccccc23)c1. The summed E-state index contributed by atoms with van der Waals surface area (Å²) in [5, 5.41) is 1.83. The van der Waals surface area contributed by atoms with Crippen molar-refractivity contribution < 1.29 is 17.9 Å². The summed E-state index contributed by atoms with van der Waals surface area (Å²) in [5.41, 5.74) is -0.722. The van der Waals surface area contributed by atoms with E-state index in [0.717, 1.165) is 22.9 Å². The normalized spacial score (nSPS) is 11.6. The van der Waals surface area contributed by atoms with Crippen LogP contribution < -0.4 is 4.74 Å². The van der Waals surface area contributed by atoms with Gasteiger partial charge in [-0.3, -0.25) is 0 Å². The van der Waals surface area contributed by atoms with Crippen molar-refractivity contribution in [3.05, 3.63) is 72.3 Å². The van der Waals surface area contributed by atoms with E-state index in [0.29, 0.717) is 5.75 Å². The molecule has 0 radical (unpaired) electrons. The van der Waals surface area contributed by atoms with Gasteiger partial charge in [0.05, 0.1) is 5.56 Å². The van der Waals surface area contributed by atoms with Gasteiger partial charge >= 0.3 is 6.18 Å². The highest BCUT2D eigenvalue weighted by atomic mass is 19.4. The number of hydrogen-bond donors (Lipinski definition) is 0. The first-order chi connectivity index (χ1) is 10.0. The molecular formula is C17H11F3O. The Balaban J connectivity index is 1.99. The average molecular weight is 288 g/mol. The van der Waals surface area contributed by atoms with Crippen molar-refractivity contribution in [1.29, 1.82) is 0 Å². The minimum atomic E-state index is -4.38. The molecule has 0 aromatic heterocycles. The lowest BCUT2D eigenvalue weighted by molar-refractivity contribution is -0.137. The predicted molar refractivity (Wildman–Crippen MR) is 75.5 cm³/mol. The molecular weight excluding hydrogens is 277 g/mol. The minimum Gasteiger partial charge on any atom is -0.457 e. The van der Waals surface area contributed by atoms with Gasteiger partial charge in [-0.2, -0.15) is 13.2 Å². The molecule has 3 rings (SSSR count). The quantitative estimate of drug-likeness (QED) is 0.592. The maximum atomic E-state index is 12.7. The van der Waals surface area contributed by atoms with Crippen molar-refractivity contribution in [2.24, 2.45) is 0 Å². The molecule has 1 nitrogen and oxygen atoms in total. The van der Waals surface area contributed by atoms with Gasteiger partial charge in [0.25, 0.3) is 0 Å². The van der Waals surface area contributed by atoms with Gasteiger partial charge in [0, 0.05) is 5.39 Å². The Morgan fingerprint density at radius 2 is 1.48 bits per heavy atom. The van der Waals surface area contributed by atoms with Crippen LogP contribution in [0.15, 0.2) is 66.7 Å². The van der Waals surface area contributed by atoms with Crippen LogP contribution in [-0.2, 0) is 6.18 Å². The summed E-state index contributed by atoms with van der Waals surface area (Å²) in [4.78, 5) is 0. The van der Waals surface area contributed by atoms with Gasteiger partial charge in [0.15, 0.2) is 0 Å². The highest BCUT2D eigenvalue weighted by Gasteiger charge is 2.30. The van der Waals surface area contributed by atoms with Crippen molar-refractivity contribution in [3.63, 3.8) is 0 Å². The minimum absolute atomic E-state index is 0.168. The van der Waals surface area contributed by atoms with E-state index >= 15 is 0 Å². The second-order valence-electron chi connectivity index (χ2n) is 4.60. The molecule has 0 unspecified atom stereocenters. The molecule has 106 valence electrons. The molecule has 3 aromatic rings. The van der Waals surface area contributed by atoms with Crippen LogP contribution in [0.25, 0.3) is 10.8 Å². The zero-order chi connectivity index (χ0) is 14.9. The van der Waals surface area contributed by atoms with Crippen molar-refractivity contribution in [2.45, 2.75) is 6.18 Å². The second-order valence-corrected chi connectivity index (χ2v) is 4.60. The summed E-state index contributed by atoms with van der Waals surface area (Å²) in [5.74, 6) is 0.702. The molecule has 0 fully saturated rings. The smallest absolute Gasteiger partial charge is 0.416 e. The highest BCUT2D eigenvalue weighted by molar-refractivity contribution is 5.88. The largest absolute Gasteiger partial charge is 0.457 e. The fourth-order valence-electron chi connectivity index (χ4n) is 2.15. The Morgan fingerprint density at radius 1 is 0.762 bits per heavy atom. The molecule has 0 atom stereocenters. The van der Waals surface area contributed by atoms with E-state index in [1.54, 1.807) is 6.07 Å². The molecule has 0 amide bonds. The molecule has 0 aliphatic carbocycles. The summed E-state index contributed by atoms with van der Waals surface area (Å²) in [6.45, 7) is 0. The molecule has 0 saturated heterocycles. The number of rotatable bonds is 2. The van der Waals surface area contributed by atoms with Gasteiger partial charge in [0.1, 0.15) is 11.5 Å². The number of alkyl halides is 3. The fraction of sp³-hybridized carbons (Fsp3) is 0.0588. The molecule has 4 heteroatoms. The first kappa shape index (κ1) is 13.5. The maximum absolute atomic E-state index is 12.7. The molecule has 0 heterocycles. The lowest BCUT2D eigenvalue weighted by Crippen LogP contribution is -2.04. The van der Waals surface area contributed by atoms with E-state index in [1.807, 2.05) is 36.4 Å². The van der Waals surface area contributed by atoms with E-state index in [2.05, 4.69) is 0 Å². The van der Waals surface area contributed by atoms with Crippen LogP contribution in [0.1, 0.15) is 5.56 Å². The van der Waals surface area contributed by atoms with Crippen LogP contribution in [0.3, 0.4) is 0 Å². The summed E-state index contributed by atoms with van der Waals surface area (Å²) in [7, 11) is 0. The van der Waals surface area contributed by atoms with Gasteiger partial charge < -0.3 is 4.74 Å². The first-order valence-corrected chi connectivity index (χ1v) is 6.37. The summed E-state index contributed by atoms with van der Waals surface area (Å²) in [6.07, 6.45) is -4.38. The van der Waals surface area contributed by atoms with E-state index < -0.39 is 11.7 Å². The average Bonchev–Trinajstić information content (AvgIpc) is 2.47. The van der Waals surface area contributed by atoms with E-state index in [4.69, 9.17) is 4.74 Å². The number of fused-ring (bicyclic) bond motifs is 1. The van der Waals surface area contributed by atoms with Gasteiger partial charge in [-0.05, 0) is 29.7 Å². The lowest BCUT2D eigenvalue weighted by atomic mass is 10.1. The molecule has 21 heavy (non-hydrogen) atoms. The molecule has 0 bridgehead atoms. The standard InChI is InChI=1S/C17H11F3O/c18-17(19,20)13-7-4-8-14(11-13)21-16-10-3-6-12-5-1-2-9-15(12)16/h1-11H. The first-order valence-electron chi connectivity index (χ1n) is 6.37. The Bertz CT molecular complexity index is 773. The number of benzene rings is 3. The summed E-state index contributed by atoms with van der Waals surface area (Å²) in [6, 6.07) is 17.9. The monoisotopic (exact) mass is 288 g/mol.